The van der Waals surface area contributed by atoms with Gasteiger partial charge < -0.3 is 16.4 Å². The van der Waals surface area contributed by atoms with E-state index >= 15 is 0 Å². The lowest BCUT2D eigenvalue weighted by Crippen LogP contribution is -2.48. The standard InChI is InChI=1S/C18H22N4O2.2ClH/c1-3-10-18(2,19)17(24)22-14-8-6-13(7-9-14)16(23)21-15-5-4-11-20-12-15;;/h4-9,11-12H,3,10,19H2,1-2H3,(H,21,23)(H,22,24);2*1H. The highest BCUT2D eigenvalue weighted by atomic mass is 35.5. The van der Waals surface area contributed by atoms with Crippen LogP contribution in [0.2, 0.25) is 0 Å². The highest BCUT2D eigenvalue weighted by Crippen LogP contribution is 2.15. The minimum absolute atomic E-state index is 0. The van der Waals surface area contributed by atoms with Crippen LogP contribution in [0.3, 0.4) is 0 Å². The van der Waals surface area contributed by atoms with Gasteiger partial charge in [0.15, 0.2) is 0 Å². The van der Waals surface area contributed by atoms with Gasteiger partial charge >= 0.3 is 0 Å². The fourth-order valence-electron chi connectivity index (χ4n) is 2.25. The third-order valence-corrected chi connectivity index (χ3v) is 3.61. The number of pyridine rings is 1. The van der Waals surface area contributed by atoms with E-state index in [0.717, 1.165) is 6.42 Å². The van der Waals surface area contributed by atoms with E-state index in [4.69, 9.17) is 5.73 Å². The van der Waals surface area contributed by atoms with Gasteiger partial charge in [0, 0.05) is 17.4 Å². The third-order valence-electron chi connectivity index (χ3n) is 3.61. The molecule has 1 unspecified atom stereocenters. The predicted molar refractivity (Wildman–Crippen MR) is 109 cm³/mol. The van der Waals surface area contributed by atoms with Gasteiger partial charge in [-0.25, -0.2) is 0 Å². The minimum atomic E-state index is -0.912. The number of carbonyl (C=O) groups is 2. The monoisotopic (exact) mass is 398 g/mol. The molecule has 2 aromatic rings. The topological polar surface area (TPSA) is 97.1 Å². The van der Waals surface area contributed by atoms with Gasteiger partial charge in [0.1, 0.15) is 0 Å². The van der Waals surface area contributed by atoms with Crippen molar-refractivity contribution in [3.05, 3.63) is 54.4 Å². The van der Waals surface area contributed by atoms with Crippen molar-refractivity contribution in [2.24, 2.45) is 5.73 Å². The summed E-state index contributed by atoms with van der Waals surface area (Å²) >= 11 is 0. The molecular weight excluding hydrogens is 375 g/mol. The van der Waals surface area contributed by atoms with Crippen LogP contribution in [0, 0.1) is 0 Å². The maximum Gasteiger partial charge on any atom is 0.255 e. The van der Waals surface area contributed by atoms with E-state index in [2.05, 4.69) is 15.6 Å². The number of benzene rings is 1. The normalized spacial score (nSPS) is 12.0. The Hall–Kier alpha value is -2.15. The Bertz CT molecular complexity index is 707. The molecule has 0 aliphatic heterocycles. The Balaban J connectivity index is 0.00000312. The van der Waals surface area contributed by atoms with Gasteiger partial charge in [-0.3, -0.25) is 14.6 Å². The number of anilines is 2. The van der Waals surface area contributed by atoms with Crippen LogP contribution < -0.4 is 16.4 Å². The smallest absolute Gasteiger partial charge is 0.255 e. The van der Waals surface area contributed by atoms with Crippen molar-refractivity contribution in [1.82, 2.24) is 4.98 Å². The molecule has 1 atom stereocenters. The number of hydrogen-bond acceptors (Lipinski definition) is 4. The number of halogens is 2. The number of nitrogens with two attached hydrogens (primary N) is 1. The Morgan fingerprint density at radius 1 is 1.08 bits per heavy atom. The highest BCUT2D eigenvalue weighted by Gasteiger charge is 2.27. The summed E-state index contributed by atoms with van der Waals surface area (Å²) in [6, 6.07) is 10.2. The molecular formula is C18H24Cl2N4O2. The molecule has 0 saturated heterocycles. The zero-order valence-corrected chi connectivity index (χ0v) is 16.3. The number of rotatable bonds is 6. The third kappa shape index (κ3) is 6.63. The fraction of sp³-hybridized carbons (Fsp3) is 0.278. The van der Waals surface area contributed by atoms with E-state index in [-0.39, 0.29) is 36.6 Å². The van der Waals surface area contributed by atoms with Crippen LogP contribution in [0.15, 0.2) is 48.8 Å². The largest absolute Gasteiger partial charge is 0.325 e. The molecule has 0 bridgehead atoms. The van der Waals surface area contributed by atoms with Crippen molar-refractivity contribution in [2.45, 2.75) is 32.2 Å². The first-order chi connectivity index (χ1) is 11.4. The molecule has 0 aliphatic rings. The number of carbonyl (C=O) groups excluding carboxylic acids is 2. The maximum atomic E-state index is 12.2. The van der Waals surface area contributed by atoms with Crippen molar-refractivity contribution in [1.29, 1.82) is 0 Å². The molecule has 142 valence electrons. The van der Waals surface area contributed by atoms with Crippen molar-refractivity contribution in [2.75, 3.05) is 10.6 Å². The van der Waals surface area contributed by atoms with Gasteiger partial charge in [-0.1, -0.05) is 13.3 Å². The second kappa shape index (κ2) is 10.8. The first-order valence-electron chi connectivity index (χ1n) is 7.84. The number of aromatic nitrogens is 1. The number of nitrogens with zero attached hydrogens (tertiary/aromatic N) is 1. The molecule has 1 aromatic carbocycles. The molecule has 1 heterocycles. The molecule has 2 amide bonds. The summed E-state index contributed by atoms with van der Waals surface area (Å²) in [6.45, 7) is 3.69. The van der Waals surface area contributed by atoms with Crippen LogP contribution in [-0.4, -0.2) is 22.3 Å². The van der Waals surface area contributed by atoms with Crippen LogP contribution in [0.25, 0.3) is 0 Å². The lowest BCUT2D eigenvalue weighted by molar-refractivity contribution is -0.120. The molecule has 4 N–H and O–H groups in total. The Labute approximate surface area is 165 Å². The van der Waals surface area contributed by atoms with Gasteiger partial charge in [0.25, 0.3) is 5.91 Å². The van der Waals surface area contributed by atoms with E-state index in [1.807, 2.05) is 6.92 Å². The quantitative estimate of drug-likeness (QED) is 0.691. The summed E-state index contributed by atoms with van der Waals surface area (Å²) in [5.74, 6) is -0.479. The molecule has 6 nitrogen and oxygen atoms in total. The number of amides is 2. The summed E-state index contributed by atoms with van der Waals surface area (Å²) in [5, 5.41) is 5.53. The molecule has 1 aromatic heterocycles. The maximum absolute atomic E-state index is 12.2. The van der Waals surface area contributed by atoms with E-state index in [1.54, 1.807) is 55.7 Å². The zero-order valence-electron chi connectivity index (χ0n) is 14.7. The first kappa shape index (κ1) is 23.9. The molecule has 8 heteroatoms. The SMILES string of the molecule is CCCC(C)(N)C(=O)Nc1ccc(C(=O)Nc2cccnc2)cc1.Cl.Cl. The molecule has 0 radical (unpaired) electrons. The fourth-order valence-corrected chi connectivity index (χ4v) is 2.25. The van der Waals surface area contributed by atoms with Crippen LogP contribution in [0.4, 0.5) is 11.4 Å². The second-order valence-electron chi connectivity index (χ2n) is 5.89. The van der Waals surface area contributed by atoms with Crippen molar-refractivity contribution in [3.8, 4) is 0 Å². The predicted octanol–water partition coefficient (Wildman–Crippen LogP) is 3.63. The lowest BCUT2D eigenvalue weighted by atomic mass is 9.96. The van der Waals surface area contributed by atoms with E-state index in [1.165, 1.54) is 0 Å². The Morgan fingerprint density at radius 2 is 1.73 bits per heavy atom. The zero-order chi connectivity index (χ0) is 17.6. The van der Waals surface area contributed by atoms with Crippen molar-refractivity contribution in [3.63, 3.8) is 0 Å². The average Bonchev–Trinajstić information content (AvgIpc) is 2.56. The van der Waals surface area contributed by atoms with Crippen LogP contribution >= 0.6 is 24.8 Å². The second-order valence-corrected chi connectivity index (χ2v) is 5.89. The molecule has 26 heavy (non-hydrogen) atoms. The molecule has 0 saturated carbocycles. The van der Waals surface area contributed by atoms with Crippen LogP contribution in [-0.2, 0) is 4.79 Å². The van der Waals surface area contributed by atoms with E-state index in [9.17, 15) is 9.59 Å². The first-order valence-corrected chi connectivity index (χ1v) is 7.84. The molecule has 0 fully saturated rings. The van der Waals surface area contributed by atoms with Gasteiger partial charge in [0.05, 0.1) is 17.4 Å². The van der Waals surface area contributed by atoms with E-state index < -0.39 is 5.54 Å². The summed E-state index contributed by atoms with van der Waals surface area (Å²) in [7, 11) is 0. The summed E-state index contributed by atoms with van der Waals surface area (Å²) < 4.78 is 0. The van der Waals surface area contributed by atoms with Gasteiger partial charge in [-0.15, -0.1) is 24.8 Å². The Kier molecular flexibility index (Phi) is 9.86. The summed E-state index contributed by atoms with van der Waals surface area (Å²) in [4.78, 5) is 28.2. The van der Waals surface area contributed by atoms with Crippen LogP contribution in [0.5, 0.6) is 0 Å². The van der Waals surface area contributed by atoms with Crippen LogP contribution in [0.1, 0.15) is 37.0 Å². The lowest BCUT2D eigenvalue weighted by Gasteiger charge is -2.22. The van der Waals surface area contributed by atoms with Gasteiger partial charge in [-0.05, 0) is 49.7 Å². The summed E-state index contributed by atoms with van der Waals surface area (Å²) in [5.41, 5.74) is 6.80. The summed E-state index contributed by atoms with van der Waals surface area (Å²) in [6.07, 6.45) is 4.64. The van der Waals surface area contributed by atoms with Gasteiger partial charge in [-0.2, -0.15) is 0 Å². The minimum Gasteiger partial charge on any atom is -0.325 e. The average molecular weight is 399 g/mol. The molecule has 0 spiro atoms. The van der Waals surface area contributed by atoms with Crippen molar-refractivity contribution >= 4 is 48.0 Å². The Morgan fingerprint density at radius 3 is 2.27 bits per heavy atom. The number of hydrogen-bond donors (Lipinski definition) is 3. The van der Waals surface area contributed by atoms with Crippen molar-refractivity contribution < 1.29 is 9.59 Å². The van der Waals surface area contributed by atoms with Gasteiger partial charge in [0.2, 0.25) is 5.91 Å². The molecule has 0 aliphatic carbocycles. The number of nitrogens with one attached hydrogen (secondary N) is 2. The molecule has 2 rings (SSSR count). The highest BCUT2D eigenvalue weighted by molar-refractivity contribution is 6.04. The van der Waals surface area contributed by atoms with E-state index in [0.29, 0.717) is 23.4 Å².